The molecule has 34 heavy (non-hydrogen) atoms. The van der Waals surface area contributed by atoms with Gasteiger partial charge >= 0.3 is 0 Å². The average Bonchev–Trinajstić information content (AvgIpc) is 3.40. The summed E-state index contributed by atoms with van der Waals surface area (Å²) in [6.45, 7) is 2.71. The molecule has 0 radical (unpaired) electrons. The molecule has 0 saturated heterocycles. The summed E-state index contributed by atoms with van der Waals surface area (Å²) in [7, 11) is 0. The van der Waals surface area contributed by atoms with E-state index in [1.807, 2.05) is 90.6 Å². The van der Waals surface area contributed by atoms with Crippen molar-refractivity contribution in [1.29, 1.82) is 0 Å². The molecular formula is C27H24ClN3O3. The highest BCUT2D eigenvalue weighted by Crippen LogP contribution is 2.29. The van der Waals surface area contributed by atoms with Crippen LogP contribution in [-0.2, 0) is 6.61 Å². The van der Waals surface area contributed by atoms with Crippen molar-refractivity contribution in [2.45, 2.75) is 13.5 Å². The largest absolute Gasteiger partial charge is 0.490 e. The van der Waals surface area contributed by atoms with Crippen LogP contribution in [0.1, 0.15) is 28.4 Å². The topological polar surface area (TPSA) is 64.8 Å². The van der Waals surface area contributed by atoms with E-state index >= 15 is 0 Å². The Kier molecular flexibility index (Phi) is 7.63. The molecule has 1 N–H and O–H groups in total. The summed E-state index contributed by atoms with van der Waals surface area (Å²) in [5, 5.41) is 4.73. The lowest BCUT2D eigenvalue weighted by Crippen LogP contribution is -2.17. The fourth-order valence-electron chi connectivity index (χ4n) is 3.29. The second-order valence-electron chi connectivity index (χ2n) is 7.36. The van der Waals surface area contributed by atoms with Crippen LogP contribution in [0.2, 0.25) is 5.02 Å². The van der Waals surface area contributed by atoms with Gasteiger partial charge in [0.1, 0.15) is 6.61 Å². The predicted molar refractivity (Wildman–Crippen MR) is 134 cm³/mol. The number of nitrogens with one attached hydrogen (secondary N) is 1. The summed E-state index contributed by atoms with van der Waals surface area (Å²) in [4.78, 5) is 12.4. The molecule has 4 aromatic rings. The Bertz CT molecular complexity index is 1270. The van der Waals surface area contributed by atoms with Crippen LogP contribution in [0.4, 0.5) is 0 Å². The monoisotopic (exact) mass is 473 g/mol. The number of aromatic nitrogens is 1. The summed E-state index contributed by atoms with van der Waals surface area (Å²) in [5.41, 5.74) is 5.71. The molecule has 172 valence electrons. The molecule has 3 aromatic carbocycles. The molecule has 0 saturated carbocycles. The first-order chi connectivity index (χ1) is 16.6. The highest BCUT2D eigenvalue weighted by Gasteiger charge is 2.09. The zero-order valence-corrected chi connectivity index (χ0v) is 19.4. The first-order valence-electron chi connectivity index (χ1n) is 10.8. The van der Waals surface area contributed by atoms with Gasteiger partial charge in [0.2, 0.25) is 0 Å². The third-order valence-corrected chi connectivity index (χ3v) is 5.39. The number of hydrazone groups is 1. The Morgan fingerprint density at radius 2 is 1.74 bits per heavy atom. The smallest absolute Gasteiger partial charge is 0.271 e. The molecule has 1 aromatic heterocycles. The van der Waals surface area contributed by atoms with E-state index in [0.29, 0.717) is 35.3 Å². The van der Waals surface area contributed by atoms with Crippen LogP contribution < -0.4 is 14.9 Å². The van der Waals surface area contributed by atoms with Gasteiger partial charge in [0.15, 0.2) is 11.5 Å². The van der Waals surface area contributed by atoms with Gasteiger partial charge in [-0.15, -0.1) is 0 Å². The van der Waals surface area contributed by atoms with Gasteiger partial charge in [-0.2, -0.15) is 5.10 Å². The van der Waals surface area contributed by atoms with E-state index in [4.69, 9.17) is 21.1 Å². The molecule has 0 unspecified atom stereocenters. The molecule has 1 amide bonds. The molecule has 0 atom stereocenters. The Balaban J connectivity index is 1.38. The Morgan fingerprint density at radius 3 is 2.47 bits per heavy atom. The van der Waals surface area contributed by atoms with E-state index in [-0.39, 0.29) is 5.91 Å². The van der Waals surface area contributed by atoms with E-state index in [0.717, 1.165) is 16.8 Å². The number of amides is 1. The number of hydrogen-bond donors (Lipinski definition) is 1. The zero-order chi connectivity index (χ0) is 23.8. The van der Waals surface area contributed by atoms with Gasteiger partial charge in [-0.3, -0.25) is 4.79 Å². The molecule has 0 aliphatic carbocycles. The molecule has 0 aliphatic rings. The lowest BCUT2D eigenvalue weighted by atomic mass is 10.2. The van der Waals surface area contributed by atoms with Gasteiger partial charge in [-0.05, 0) is 73.2 Å². The fourth-order valence-corrected chi connectivity index (χ4v) is 3.48. The summed E-state index contributed by atoms with van der Waals surface area (Å²) in [5.74, 6) is 0.899. The molecule has 1 heterocycles. The van der Waals surface area contributed by atoms with Gasteiger partial charge in [0.05, 0.1) is 12.8 Å². The van der Waals surface area contributed by atoms with Crippen molar-refractivity contribution >= 4 is 23.7 Å². The number of rotatable bonds is 9. The van der Waals surface area contributed by atoms with Gasteiger partial charge in [0, 0.05) is 34.2 Å². The number of nitrogens with zero attached hydrogens (tertiary/aromatic N) is 2. The minimum absolute atomic E-state index is 0.292. The van der Waals surface area contributed by atoms with Gasteiger partial charge in [0.25, 0.3) is 5.91 Å². The van der Waals surface area contributed by atoms with Crippen molar-refractivity contribution in [3.63, 3.8) is 0 Å². The van der Waals surface area contributed by atoms with Crippen LogP contribution in [0.3, 0.4) is 0 Å². The lowest BCUT2D eigenvalue weighted by Gasteiger charge is -2.13. The van der Waals surface area contributed by atoms with Gasteiger partial charge < -0.3 is 14.0 Å². The van der Waals surface area contributed by atoms with Crippen molar-refractivity contribution in [2.75, 3.05) is 6.61 Å². The Hall–Kier alpha value is -4.03. The maximum Gasteiger partial charge on any atom is 0.271 e. The van der Waals surface area contributed by atoms with Crippen LogP contribution >= 0.6 is 11.6 Å². The van der Waals surface area contributed by atoms with Crippen molar-refractivity contribution in [2.24, 2.45) is 5.10 Å². The number of halogens is 1. The van der Waals surface area contributed by atoms with Crippen LogP contribution in [0.25, 0.3) is 5.69 Å². The van der Waals surface area contributed by atoms with Crippen LogP contribution in [-0.4, -0.2) is 23.3 Å². The number of benzene rings is 3. The molecule has 7 heteroatoms. The molecule has 0 fully saturated rings. The molecule has 0 aliphatic heterocycles. The van der Waals surface area contributed by atoms with Gasteiger partial charge in [-0.25, -0.2) is 5.43 Å². The first-order valence-corrected chi connectivity index (χ1v) is 11.2. The highest BCUT2D eigenvalue weighted by atomic mass is 35.5. The molecule has 0 spiro atoms. The fraction of sp³-hybridized carbons (Fsp3) is 0.111. The number of carbonyl (C=O) groups is 1. The minimum atomic E-state index is -0.292. The summed E-state index contributed by atoms with van der Waals surface area (Å²) in [6.07, 6.45) is 5.46. The quantitative estimate of drug-likeness (QED) is 0.244. The van der Waals surface area contributed by atoms with E-state index < -0.39 is 0 Å². The number of ether oxygens (including phenoxy) is 2. The van der Waals surface area contributed by atoms with E-state index in [1.54, 1.807) is 18.3 Å². The minimum Gasteiger partial charge on any atom is -0.490 e. The normalized spacial score (nSPS) is 10.9. The summed E-state index contributed by atoms with van der Waals surface area (Å²) in [6, 6.07) is 24.2. The maximum atomic E-state index is 12.4. The van der Waals surface area contributed by atoms with Gasteiger partial charge in [-0.1, -0.05) is 29.8 Å². The molecule has 6 nitrogen and oxygen atoms in total. The first kappa shape index (κ1) is 23.1. The van der Waals surface area contributed by atoms with Crippen molar-refractivity contribution in [1.82, 2.24) is 9.99 Å². The third-order valence-electron chi connectivity index (χ3n) is 5.02. The maximum absolute atomic E-state index is 12.4. The Morgan fingerprint density at radius 1 is 0.971 bits per heavy atom. The molecular weight excluding hydrogens is 450 g/mol. The second-order valence-corrected chi connectivity index (χ2v) is 7.76. The van der Waals surface area contributed by atoms with E-state index in [2.05, 4.69) is 10.5 Å². The number of carbonyl (C=O) groups excluding carboxylic acids is 1. The standard InChI is InChI=1S/C27H24ClN3O3/c1-2-33-26-17-20(9-14-25(26)34-19-22-7-3-4-8-24(22)28)18-29-30-27(32)21-10-12-23(13-11-21)31-15-5-6-16-31/h3-18H,2,19H2,1H3,(H,30,32)/b29-18+. The molecule has 0 bridgehead atoms. The van der Waals surface area contributed by atoms with Crippen molar-refractivity contribution < 1.29 is 14.3 Å². The number of hydrogen-bond acceptors (Lipinski definition) is 4. The van der Waals surface area contributed by atoms with Crippen molar-refractivity contribution in [3.05, 3.63) is 113 Å². The average molecular weight is 474 g/mol. The third kappa shape index (κ3) is 5.85. The summed E-state index contributed by atoms with van der Waals surface area (Å²) >= 11 is 6.21. The second kappa shape index (κ2) is 11.2. The SMILES string of the molecule is CCOc1cc(/C=N/NC(=O)c2ccc(-n3cccc3)cc2)ccc1OCc1ccccc1Cl. The van der Waals surface area contributed by atoms with E-state index in [9.17, 15) is 4.79 Å². The Labute approximate surface area is 203 Å². The summed E-state index contributed by atoms with van der Waals surface area (Å²) < 4.78 is 13.6. The lowest BCUT2D eigenvalue weighted by molar-refractivity contribution is 0.0955. The van der Waals surface area contributed by atoms with Crippen LogP contribution in [0, 0.1) is 0 Å². The van der Waals surface area contributed by atoms with Crippen LogP contribution in [0.15, 0.2) is 96.4 Å². The molecule has 4 rings (SSSR count). The van der Waals surface area contributed by atoms with E-state index in [1.165, 1.54) is 0 Å². The highest BCUT2D eigenvalue weighted by molar-refractivity contribution is 6.31. The van der Waals surface area contributed by atoms with Crippen LogP contribution in [0.5, 0.6) is 11.5 Å². The van der Waals surface area contributed by atoms with Crippen molar-refractivity contribution in [3.8, 4) is 17.2 Å². The predicted octanol–water partition coefficient (Wildman–Crippen LogP) is 5.87. The zero-order valence-electron chi connectivity index (χ0n) is 18.6.